The van der Waals surface area contributed by atoms with Crippen LogP contribution in [0.1, 0.15) is 47.6 Å². The number of H-pyrrole nitrogens is 1. The van der Waals surface area contributed by atoms with Crippen LogP contribution in [-0.4, -0.2) is 55.6 Å². The molecule has 0 radical (unpaired) electrons. The van der Waals surface area contributed by atoms with E-state index in [-0.39, 0.29) is 11.6 Å². The molecular formula is C19H25N7O3. The summed E-state index contributed by atoms with van der Waals surface area (Å²) in [7, 11) is 0. The first kappa shape index (κ1) is 20.6. The quantitative estimate of drug-likeness (QED) is 0.497. The fraction of sp³-hybridized carbons (Fsp3) is 0.421. The van der Waals surface area contributed by atoms with Gasteiger partial charge in [-0.3, -0.25) is 9.89 Å². The van der Waals surface area contributed by atoms with Gasteiger partial charge in [0.25, 0.3) is 5.91 Å². The second kappa shape index (κ2) is 9.89. The molecular weight excluding hydrogens is 374 g/mol. The molecule has 10 nitrogen and oxygen atoms in total. The molecule has 1 amide bonds. The zero-order chi connectivity index (χ0) is 20.6. The van der Waals surface area contributed by atoms with Crippen LogP contribution in [0, 0.1) is 6.92 Å². The average Bonchev–Trinajstić information content (AvgIpc) is 3.36. The molecule has 0 aliphatic heterocycles. The van der Waals surface area contributed by atoms with E-state index in [4.69, 9.17) is 9.47 Å². The van der Waals surface area contributed by atoms with Crippen molar-refractivity contribution in [2.45, 2.75) is 39.6 Å². The molecule has 0 saturated heterocycles. The highest BCUT2D eigenvalue weighted by molar-refractivity contribution is 5.92. The number of aromatic nitrogens is 6. The number of amides is 1. The lowest BCUT2D eigenvalue weighted by Gasteiger charge is -2.16. The molecule has 2 aromatic heterocycles. The molecule has 0 aliphatic rings. The number of nitrogens with one attached hydrogen (secondary N) is 2. The lowest BCUT2D eigenvalue weighted by molar-refractivity contribution is -0.145. The monoisotopic (exact) mass is 399 g/mol. The van der Waals surface area contributed by atoms with Crippen molar-refractivity contribution in [3.63, 3.8) is 0 Å². The number of carbonyl (C=O) groups is 1. The standard InChI is InChI=1S/C19H25N7O3/c1-4-28-16(29-5-2)12-26-11-15(23-25-26)19(27)21-17(14-9-7-6-8-10-14)18-20-13(3)22-24-18/h6-11,16-17H,4-5,12H2,1-3H3,(H,21,27)(H,20,22,24). The van der Waals surface area contributed by atoms with Crippen molar-refractivity contribution < 1.29 is 14.3 Å². The summed E-state index contributed by atoms with van der Waals surface area (Å²) in [4.78, 5) is 17.2. The topological polar surface area (TPSA) is 120 Å². The van der Waals surface area contributed by atoms with E-state index in [1.54, 1.807) is 13.1 Å². The van der Waals surface area contributed by atoms with Gasteiger partial charge in [0.1, 0.15) is 11.9 Å². The van der Waals surface area contributed by atoms with E-state index in [9.17, 15) is 4.79 Å². The van der Waals surface area contributed by atoms with Gasteiger partial charge in [0.2, 0.25) is 0 Å². The highest BCUT2D eigenvalue weighted by Gasteiger charge is 2.23. The number of nitrogens with zero attached hydrogens (tertiary/aromatic N) is 5. The molecule has 1 unspecified atom stereocenters. The van der Waals surface area contributed by atoms with Crippen LogP contribution in [0.25, 0.3) is 0 Å². The summed E-state index contributed by atoms with van der Waals surface area (Å²) < 4.78 is 12.5. The molecule has 3 aromatic rings. The van der Waals surface area contributed by atoms with Crippen molar-refractivity contribution in [1.82, 2.24) is 35.5 Å². The molecule has 0 spiro atoms. The van der Waals surface area contributed by atoms with Crippen LogP contribution >= 0.6 is 0 Å². The first-order valence-electron chi connectivity index (χ1n) is 9.48. The zero-order valence-electron chi connectivity index (χ0n) is 16.7. The Morgan fingerprint density at radius 1 is 1.21 bits per heavy atom. The van der Waals surface area contributed by atoms with Crippen molar-refractivity contribution >= 4 is 5.91 Å². The molecule has 10 heteroatoms. The van der Waals surface area contributed by atoms with Crippen molar-refractivity contribution in [3.05, 3.63) is 59.4 Å². The van der Waals surface area contributed by atoms with E-state index in [1.165, 1.54) is 4.68 Å². The molecule has 1 atom stereocenters. The molecule has 0 aliphatic carbocycles. The minimum atomic E-state index is -0.515. The first-order chi connectivity index (χ1) is 14.1. The summed E-state index contributed by atoms with van der Waals surface area (Å²) in [5.74, 6) is 0.762. The number of aryl methyl sites for hydroxylation is 1. The van der Waals surface area contributed by atoms with Gasteiger partial charge in [0, 0.05) is 13.2 Å². The number of rotatable bonds is 10. The maximum Gasteiger partial charge on any atom is 0.274 e. The van der Waals surface area contributed by atoms with Crippen LogP contribution in [0.5, 0.6) is 0 Å². The molecule has 2 N–H and O–H groups in total. The van der Waals surface area contributed by atoms with Crippen molar-refractivity contribution in [2.24, 2.45) is 0 Å². The average molecular weight is 399 g/mol. The number of aromatic amines is 1. The summed E-state index contributed by atoms with van der Waals surface area (Å²) in [6.45, 7) is 6.95. The Morgan fingerprint density at radius 3 is 2.55 bits per heavy atom. The van der Waals surface area contributed by atoms with Crippen LogP contribution in [0.3, 0.4) is 0 Å². The van der Waals surface area contributed by atoms with Gasteiger partial charge in [-0.25, -0.2) is 9.67 Å². The van der Waals surface area contributed by atoms with E-state index in [0.717, 1.165) is 5.56 Å². The maximum atomic E-state index is 12.8. The Balaban J connectivity index is 1.74. The lowest BCUT2D eigenvalue weighted by atomic mass is 10.1. The van der Waals surface area contributed by atoms with E-state index >= 15 is 0 Å². The van der Waals surface area contributed by atoms with Gasteiger partial charge in [-0.15, -0.1) is 5.10 Å². The normalized spacial score (nSPS) is 12.3. The van der Waals surface area contributed by atoms with Crippen molar-refractivity contribution in [2.75, 3.05) is 13.2 Å². The van der Waals surface area contributed by atoms with Gasteiger partial charge in [-0.2, -0.15) is 5.10 Å². The summed E-state index contributed by atoms with van der Waals surface area (Å²) in [5, 5.41) is 17.9. The Morgan fingerprint density at radius 2 is 1.93 bits per heavy atom. The predicted octanol–water partition coefficient (Wildman–Crippen LogP) is 1.62. The summed E-state index contributed by atoms with van der Waals surface area (Å²) in [6, 6.07) is 8.99. The molecule has 1 aromatic carbocycles. The third kappa shape index (κ3) is 5.46. The number of hydrogen-bond donors (Lipinski definition) is 2. The summed E-state index contributed by atoms with van der Waals surface area (Å²) in [6.07, 6.45) is 1.11. The van der Waals surface area contributed by atoms with Crippen LogP contribution < -0.4 is 5.32 Å². The Bertz CT molecular complexity index is 903. The van der Waals surface area contributed by atoms with E-state index in [1.807, 2.05) is 44.2 Å². The summed E-state index contributed by atoms with van der Waals surface area (Å²) in [5.41, 5.74) is 1.05. The minimum absolute atomic E-state index is 0.185. The Labute approximate surface area is 168 Å². The van der Waals surface area contributed by atoms with Crippen LogP contribution in [0.15, 0.2) is 36.5 Å². The van der Waals surface area contributed by atoms with Crippen molar-refractivity contribution in [3.8, 4) is 0 Å². The number of benzene rings is 1. The minimum Gasteiger partial charge on any atom is -0.351 e. The largest absolute Gasteiger partial charge is 0.351 e. The second-order valence-corrected chi connectivity index (χ2v) is 6.26. The van der Waals surface area contributed by atoms with Crippen LogP contribution in [0.4, 0.5) is 0 Å². The maximum absolute atomic E-state index is 12.8. The molecule has 29 heavy (non-hydrogen) atoms. The third-order valence-corrected chi connectivity index (χ3v) is 4.09. The molecule has 2 heterocycles. The Hall–Kier alpha value is -3.11. The van der Waals surface area contributed by atoms with E-state index in [2.05, 4.69) is 30.8 Å². The second-order valence-electron chi connectivity index (χ2n) is 6.26. The molecule has 3 rings (SSSR count). The fourth-order valence-corrected chi connectivity index (χ4v) is 2.81. The summed E-state index contributed by atoms with van der Waals surface area (Å²) >= 11 is 0. The van der Waals surface area contributed by atoms with Gasteiger partial charge in [0.05, 0.1) is 12.7 Å². The van der Waals surface area contributed by atoms with Gasteiger partial charge in [-0.05, 0) is 26.3 Å². The molecule has 154 valence electrons. The van der Waals surface area contributed by atoms with Gasteiger partial charge < -0.3 is 14.8 Å². The van der Waals surface area contributed by atoms with Crippen LogP contribution in [-0.2, 0) is 16.0 Å². The van der Waals surface area contributed by atoms with Crippen LogP contribution in [0.2, 0.25) is 0 Å². The smallest absolute Gasteiger partial charge is 0.274 e. The van der Waals surface area contributed by atoms with Gasteiger partial charge in [-0.1, -0.05) is 35.5 Å². The number of ether oxygens (including phenoxy) is 2. The zero-order valence-corrected chi connectivity index (χ0v) is 16.7. The molecule has 0 saturated carbocycles. The highest BCUT2D eigenvalue weighted by Crippen LogP contribution is 2.19. The van der Waals surface area contributed by atoms with Gasteiger partial charge >= 0.3 is 0 Å². The fourth-order valence-electron chi connectivity index (χ4n) is 2.81. The van der Waals surface area contributed by atoms with Gasteiger partial charge in [0.15, 0.2) is 17.8 Å². The first-order valence-corrected chi connectivity index (χ1v) is 9.48. The predicted molar refractivity (Wildman–Crippen MR) is 104 cm³/mol. The third-order valence-electron chi connectivity index (χ3n) is 4.09. The van der Waals surface area contributed by atoms with Crippen molar-refractivity contribution in [1.29, 1.82) is 0 Å². The molecule has 0 bridgehead atoms. The lowest BCUT2D eigenvalue weighted by Crippen LogP contribution is -2.30. The number of hydrogen-bond acceptors (Lipinski definition) is 7. The number of carbonyl (C=O) groups excluding carboxylic acids is 1. The SMILES string of the molecule is CCOC(Cn1cc(C(=O)NC(c2ccccc2)c2n[nH]c(C)n2)nn1)OCC. The van der Waals surface area contributed by atoms with E-state index in [0.29, 0.717) is 31.4 Å². The Kier molecular flexibility index (Phi) is 7.04. The highest BCUT2D eigenvalue weighted by atomic mass is 16.7. The molecule has 0 fully saturated rings. The van der Waals surface area contributed by atoms with E-state index < -0.39 is 12.3 Å².